The van der Waals surface area contributed by atoms with Gasteiger partial charge in [0.15, 0.2) is 0 Å². The molecule has 1 aromatic heterocycles. The molecule has 0 saturated heterocycles. The predicted octanol–water partition coefficient (Wildman–Crippen LogP) is 4.56. The minimum Gasteiger partial charge on any atom is -0.279 e. The first kappa shape index (κ1) is 21.9. The van der Waals surface area contributed by atoms with Gasteiger partial charge >= 0.3 is 0 Å². The Kier molecular flexibility index (Phi) is 5.85. The summed E-state index contributed by atoms with van der Waals surface area (Å²) in [5.74, 6) is 0. The van der Waals surface area contributed by atoms with Crippen LogP contribution in [0.15, 0.2) is 63.7 Å². The van der Waals surface area contributed by atoms with Crippen LogP contribution in [0.5, 0.6) is 0 Å². The Bertz CT molecular complexity index is 1310. The third kappa shape index (κ3) is 4.35. The molecule has 1 aliphatic rings. The highest BCUT2D eigenvalue weighted by Gasteiger charge is 2.29. The summed E-state index contributed by atoms with van der Waals surface area (Å²) in [6.45, 7) is 4.23. The summed E-state index contributed by atoms with van der Waals surface area (Å²) in [5.41, 5.74) is 2.73. The van der Waals surface area contributed by atoms with Crippen LogP contribution >= 0.6 is 11.3 Å². The Morgan fingerprint density at radius 1 is 1.00 bits per heavy atom. The van der Waals surface area contributed by atoms with Crippen LogP contribution in [0.3, 0.4) is 0 Å². The SMILES string of the molecule is CCc1ccc(S(=O)(=O)Nc2ccc3c(c2)N(S(=O)(=O)c2ccc(C)cc2)CCC3)s1. The highest BCUT2D eigenvalue weighted by Crippen LogP contribution is 2.35. The molecule has 1 aliphatic heterocycles. The Morgan fingerprint density at radius 2 is 1.74 bits per heavy atom. The zero-order chi connectivity index (χ0) is 22.2. The van der Waals surface area contributed by atoms with E-state index in [4.69, 9.17) is 0 Å². The minimum atomic E-state index is -3.75. The van der Waals surface area contributed by atoms with Crippen LogP contribution in [0.25, 0.3) is 0 Å². The van der Waals surface area contributed by atoms with Gasteiger partial charge in [-0.3, -0.25) is 9.03 Å². The molecule has 3 aromatic rings. The van der Waals surface area contributed by atoms with Gasteiger partial charge in [-0.15, -0.1) is 11.3 Å². The maximum absolute atomic E-state index is 13.3. The molecule has 1 N–H and O–H groups in total. The molecular weight excluding hydrogens is 452 g/mol. The van der Waals surface area contributed by atoms with Crippen molar-refractivity contribution in [2.45, 2.75) is 42.2 Å². The van der Waals surface area contributed by atoms with Crippen LogP contribution < -0.4 is 9.03 Å². The molecule has 9 heteroatoms. The van der Waals surface area contributed by atoms with Crippen LogP contribution in [-0.4, -0.2) is 23.4 Å². The molecule has 31 heavy (non-hydrogen) atoms. The number of rotatable bonds is 6. The van der Waals surface area contributed by atoms with Crippen molar-refractivity contribution in [3.05, 3.63) is 70.6 Å². The molecule has 164 valence electrons. The lowest BCUT2D eigenvalue weighted by Crippen LogP contribution is -2.35. The lowest BCUT2D eigenvalue weighted by atomic mass is 10.0. The number of fused-ring (bicyclic) bond motifs is 1. The molecule has 0 saturated carbocycles. The van der Waals surface area contributed by atoms with E-state index in [9.17, 15) is 16.8 Å². The molecule has 0 aliphatic carbocycles. The summed E-state index contributed by atoms with van der Waals surface area (Å²) in [4.78, 5) is 1.21. The van der Waals surface area contributed by atoms with Gasteiger partial charge in [0.2, 0.25) is 0 Å². The van der Waals surface area contributed by atoms with Gasteiger partial charge in [0.05, 0.1) is 16.3 Å². The van der Waals surface area contributed by atoms with Gasteiger partial charge in [0.1, 0.15) is 4.21 Å². The van der Waals surface area contributed by atoms with Gasteiger partial charge in [-0.25, -0.2) is 16.8 Å². The van der Waals surface area contributed by atoms with E-state index in [1.165, 1.54) is 15.6 Å². The monoisotopic (exact) mass is 476 g/mol. The van der Waals surface area contributed by atoms with Crippen molar-refractivity contribution >= 4 is 42.8 Å². The van der Waals surface area contributed by atoms with Crippen molar-refractivity contribution in [1.82, 2.24) is 0 Å². The normalized spacial score (nSPS) is 14.3. The van der Waals surface area contributed by atoms with Gasteiger partial charge in [-0.1, -0.05) is 30.7 Å². The van der Waals surface area contributed by atoms with Crippen LogP contribution in [0.1, 0.15) is 29.3 Å². The van der Waals surface area contributed by atoms with Gasteiger partial charge < -0.3 is 0 Å². The van der Waals surface area contributed by atoms with Crippen molar-refractivity contribution in [3.63, 3.8) is 0 Å². The molecule has 0 unspecified atom stereocenters. The van der Waals surface area contributed by atoms with Crippen molar-refractivity contribution in [3.8, 4) is 0 Å². The lowest BCUT2D eigenvalue weighted by molar-refractivity contribution is 0.586. The van der Waals surface area contributed by atoms with E-state index >= 15 is 0 Å². The molecule has 0 spiro atoms. The van der Waals surface area contributed by atoms with Gasteiger partial charge in [0, 0.05) is 11.4 Å². The molecule has 2 heterocycles. The van der Waals surface area contributed by atoms with Crippen molar-refractivity contribution in [2.75, 3.05) is 15.6 Å². The Labute approximate surface area is 187 Å². The summed E-state index contributed by atoms with van der Waals surface area (Å²) < 4.78 is 56.4. The Hall–Kier alpha value is -2.36. The highest BCUT2D eigenvalue weighted by atomic mass is 32.2. The summed E-state index contributed by atoms with van der Waals surface area (Å²) >= 11 is 1.23. The third-order valence-electron chi connectivity index (χ3n) is 5.27. The molecule has 0 bridgehead atoms. The van der Waals surface area contributed by atoms with Crippen LogP contribution in [-0.2, 0) is 32.9 Å². The smallest absolute Gasteiger partial charge is 0.271 e. The van der Waals surface area contributed by atoms with Crippen LogP contribution in [0.2, 0.25) is 0 Å². The van der Waals surface area contributed by atoms with E-state index in [1.807, 2.05) is 19.9 Å². The fraction of sp³-hybridized carbons (Fsp3) is 0.273. The first-order valence-corrected chi connectivity index (χ1v) is 13.8. The number of nitrogens with zero attached hydrogens (tertiary/aromatic N) is 1. The highest BCUT2D eigenvalue weighted by molar-refractivity contribution is 7.94. The second kappa shape index (κ2) is 8.29. The molecule has 0 amide bonds. The second-order valence-corrected chi connectivity index (χ2v) is 12.5. The molecule has 6 nitrogen and oxygen atoms in total. The fourth-order valence-electron chi connectivity index (χ4n) is 3.59. The summed E-state index contributed by atoms with van der Waals surface area (Å²) in [6, 6.07) is 15.3. The maximum atomic E-state index is 13.3. The number of anilines is 2. The standard InChI is InChI=1S/C22H24N2O4S3/c1-3-19-10-13-22(29-19)30(25,26)23-18-9-8-17-5-4-14-24(21(17)15-18)31(27,28)20-11-6-16(2)7-12-20/h6-13,15,23H,3-5,14H2,1-2H3. The van der Waals surface area contributed by atoms with E-state index in [0.29, 0.717) is 24.3 Å². The third-order valence-corrected chi connectivity index (χ3v) is 10.2. The molecule has 4 rings (SSSR count). The number of aryl methyl sites for hydroxylation is 3. The first-order chi connectivity index (χ1) is 14.7. The summed E-state index contributed by atoms with van der Waals surface area (Å²) in [7, 11) is -7.49. The molecule has 0 atom stereocenters. The lowest BCUT2D eigenvalue weighted by Gasteiger charge is -2.31. The largest absolute Gasteiger partial charge is 0.279 e. The number of hydrogen-bond donors (Lipinski definition) is 1. The molecular formula is C22H24N2O4S3. The quantitative estimate of drug-likeness (QED) is 0.565. The van der Waals surface area contributed by atoms with Crippen LogP contribution in [0, 0.1) is 6.92 Å². The van der Waals surface area contributed by atoms with E-state index in [2.05, 4.69) is 4.72 Å². The van der Waals surface area contributed by atoms with Gasteiger partial charge in [-0.2, -0.15) is 0 Å². The number of benzene rings is 2. The fourth-order valence-corrected chi connectivity index (χ4v) is 7.47. The van der Waals surface area contributed by atoms with Gasteiger partial charge in [-0.05, 0) is 68.1 Å². The maximum Gasteiger partial charge on any atom is 0.271 e. The van der Waals surface area contributed by atoms with Gasteiger partial charge in [0.25, 0.3) is 20.0 Å². The molecule has 2 aromatic carbocycles. The average molecular weight is 477 g/mol. The first-order valence-electron chi connectivity index (χ1n) is 10.0. The Morgan fingerprint density at radius 3 is 2.42 bits per heavy atom. The predicted molar refractivity (Wildman–Crippen MR) is 125 cm³/mol. The zero-order valence-corrected chi connectivity index (χ0v) is 19.8. The summed E-state index contributed by atoms with van der Waals surface area (Å²) in [5, 5.41) is 0. The number of sulfonamides is 2. The minimum absolute atomic E-state index is 0.225. The van der Waals surface area contributed by atoms with Crippen molar-refractivity contribution in [2.24, 2.45) is 0 Å². The van der Waals surface area contributed by atoms with Crippen LogP contribution in [0.4, 0.5) is 11.4 Å². The molecule has 0 radical (unpaired) electrons. The van der Waals surface area contributed by atoms with E-state index < -0.39 is 20.0 Å². The average Bonchev–Trinajstić information content (AvgIpc) is 3.24. The zero-order valence-electron chi connectivity index (χ0n) is 17.3. The van der Waals surface area contributed by atoms with E-state index in [-0.39, 0.29) is 9.10 Å². The number of nitrogens with one attached hydrogen (secondary N) is 1. The molecule has 0 fully saturated rings. The summed E-state index contributed by atoms with van der Waals surface area (Å²) in [6.07, 6.45) is 2.22. The Balaban J connectivity index is 1.69. The van der Waals surface area contributed by atoms with E-state index in [1.54, 1.807) is 48.5 Å². The van der Waals surface area contributed by atoms with Crippen molar-refractivity contribution < 1.29 is 16.8 Å². The topological polar surface area (TPSA) is 83.6 Å². The van der Waals surface area contributed by atoms with E-state index in [0.717, 1.165) is 28.8 Å². The second-order valence-electron chi connectivity index (χ2n) is 7.52. The number of hydrogen-bond acceptors (Lipinski definition) is 5. The number of thiophene rings is 1. The van der Waals surface area contributed by atoms with Crippen molar-refractivity contribution in [1.29, 1.82) is 0 Å².